The third-order valence-corrected chi connectivity index (χ3v) is 2.94. The van der Waals surface area contributed by atoms with Crippen LogP contribution in [0.4, 0.5) is 0 Å². The highest BCUT2D eigenvalue weighted by atomic mass is 16.3. The van der Waals surface area contributed by atoms with E-state index in [1.54, 1.807) is 0 Å². The Morgan fingerprint density at radius 3 is 2.13 bits per heavy atom. The van der Waals surface area contributed by atoms with Crippen molar-refractivity contribution in [3.8, 4) is 0 Å². The Morgan fingerprint density at radius 1 is 0.933 bits per heavy atom. The lowest BCUT2D eigenvalue weighted by Gasteiger charge is -2.10. The smallest absolute Gasteiger partial charge is 0.0540 e. The molecular formula is C13H28O2. The molecule has 2 unspecified atom stereocenters. The van der Waals surface area contributed by atoms with Crippen LogP contribution in [-0.2, 0) is 0 Å². The SMILES string of the molecule is CCCCC(O)CCCCCC(C)CO. The summed E-state index contributed by atoms with van der Waals surface area (Å²) >= 11 is 0. The molecule has 15 heavy (non-hydrogen) atoms. The molecule has 0 fully saturated rings. The molecule has 0 bridgehead atoms. The summed E-state index contributed by atoms with van der Waals surface area (Å²) in [5.74, 6) is 0.440. The second-order valence-electron chi connectivity index (χ2n) is 4.72. The number of hydrogen-bond donors (Lipinski definition) is 2. The molecule has 0 heterocycles. The Morgan fingerprint density at radius 2 is 1.53 bits per heavy atom. The maximum atomic E-state index is 9.59. The molecule has 2 nitrogen and oxygen atoms in total. The maximum absolute atomic E-state index is 9.59. The van der Waals surface area contributed by atoms with E-state index in [1.165, 1.54) is 19.3 Å². The first-order valence-corrected chi connectivity index (χ1v) is 6.49. The molecule has 2 atom stereocenters. The summed E-state index contributed by atoms with van der Waals surface area (Å²) < 4.78 is 0. The molecule has 0 aliphatic heterocycles. The first kappa shape index (κ1) is 14.9. The van der Waals surface area contributed by atoms with Gasteiger partial charge in [0.1, 0.15) is 0 Å². The first-order valence-electron chi connectivity index (χ1n) is 6.49. The fourth-order valence-corrected chi connectivity index (χ4v) is 1.72. The van der Waals surface area contributed by atoms with E-state index >= 15 is 0 Å². The number of hydrogen-bond acceptors (Lipinski definition) is 2. The van der Waals surface area contributed by atoms with Crippen molar-refractivity contribution in [3.05, 3.63) is 0 Å². The number of aliphatic hydroxyl groups excluding tert-OH is 2. The fraction of sp³-hybridized carbons (Fsp3) is 1.00. The Kier molecular flexibility index (Phi) is 10.4. The van der Waals surface area contributed by atoms with Crippen molar-refractivity contribution in [3.63, 3.8) is 0 Å². The van der Waals surface area contributed by atoms with Gasteiger partial charge in [0.15, 0.2) is 0 Å². The lowest BCUT2D eigenvalue weighted by atomic mass is 10.0. The zero-order chi connectivity index (χ0) is 11.5. The summed E-state index contributed by atoms with van der Waals surface area (Å²) in [5, 5.41) is 18.4. The van der Waals surface area contributed by atoms with Gasteiger partial charge >= 0.3 is 0 Å². The third kappa shape index (κ3) is 10.2. The lowest BCUT2D eigenvalue weighted by Crippen LogP contribution is -2.06. The van der Waals surface area contributed by atoms with Crippen molar-refractivity contribution < 1.29 is 10.2 Å². The quantitative estimate of drug-likeness (QED) is 0.551. The van der Waals surface area contributed by atoms with Crippen LogP contribution in [0.3, 0.4) is 0 Å². The van der Waals surface area contributed by atoms with Crippen molar-refractivity contribution in [2.24, 2.45) is 5.92 Å². The Bertz CT molecular complexity index is 126. The van der Waals surface area contributed by atoms with Gasteiger partial charge < -0.3 is 10.2 Å². The van der Waals surface area contributed by atoms with E-state index < -0.39 is 0 Å². The number of unbranched alkanes of at least 4 members (excludes halogenated alkanes) is 3. The minimum atomic E-state index is -0.0831. The summed E-state index contributed by atoms with van der Waals surface area (Å²) in [4.78, 5) is 0. The molecule has 0 spiro atoms. The fourth-order valence-electron chi connectivity index (χ4n) is 1.72. The molecule has 2 N–H and O–H groups in total. The molecule has 92 valence electrons. The van der Waals surface area contributed by atoms with Gasteiger partial charge in [-0.2, -0.15) is 0 Å². The average molecular weight is 216 g/mol. The Labute approximate surface area is 94.7 Å². The molecule has 2 heteroatoms. The van der Waals surface area contributed by atoms with E-state index in [1.807, 2.05) is 0 Å². The van der Waals surface area contributed by atoms with Crippen LogP contribution in [0.5, 0.6) is 0 Å². The summed E-state index contributed by atoms with van der Waals surface area (Å²) in [6.07, 6.45) is 8.76. The zero-order valence-electron chi connectivity index (χ0n) is 10.4. The second kappa shape index (κ2) is 10.4. The highest BCUT2D eigenvalue weighted by Gasteiger charge is 2.03. The van der Waals surface area contributed by atoms with E-state index in [-0.39, 0.29) is 6.10 Å². The molecule has 0 radical (unpaired) electrons. The Balaban J connectivity index is 3.16. The van der Waals surface area contributed by atoms with Gasteiger partial charge in [0.05, 0.1) is 6.10 Å². The van der Waals surface area contributed by atoms with E-state index in [4.69, 9.17) is 5.11 Å². The van der Waals surface area contributed by atoms with Gasteiger partial charge in [0.2, 0.25) is 0 Å². The van der Waals surface area contributed by atoms with Gasteiger partial charge in [-0.3, -0.25) is 0 Å². The largest absolute Gasteiger partial charge is 0.396 e. The maximum Gasteiger partial charge on any atom is 0.0540 e. The second-order valence-corrected chi connectivity index (χ2v) is 4.72. The van der Waals surface area contributed by atoms with Crippen LogP contribution in [-0.4, -0.2) is 22.9 Å². The molecule has 0 aliphatic rings. The normalized spacial score (nSPS) is 15.2. The van der Waals surface area contributed by atoms with E-state index in [0.29, 0.717) is 12.5 Å². The van der Waals surface area contributed by atoms with Crippen LogP contribution in [0.25, 0.3) is 0 Å². The molecule has 0 aromatic heterocycles. The number of aliphatic hydroxyl groups is 2. The number of rotatable bonds is 10. The minimum absolute atomic E-state index is 0.0831. The highest BCUT2D eigenvalue weighted by Crippen LogP contribution is 2.13. The van der Waals surface area contributed by atoms with Crippen molar-refractivity contribution in [2.75, 3.05) is 6.61 Å². The van der Waals surface area contributed by atoms with Crippen LogP contribution < -0.4 is 0 Å². The topological polar surface area (TPSA) is 40.5 Å². The van der Waals surface area contributed by atoms with Gasteiger partial charge in [-0.05, 0) is 25.2 Å². The van der Waals surface area contributed by atoms with Gasteiger partial charge in [0, 0.05) is 6.61 Å². The predicted molar refractivity (Wildman–Crippen MR) is 64.9 cm³/mol. The summed E-state index contributed by atoms with van der Waals surface area (Å²) in [6.45, 7) is 4.54. The predicted octanol–water partition coefficient (Wildman–Crippen LogP) is 3.12. The van der Waals surface area contributed by atoms with Crippen LogP contribution in [0.2, 0.25) is 0 Å². The Hall–Kier alpha value is -0.0800. The third-order valence-electron chi connectivity index (χ3n) is 2.94. The van der Waals surface area contributed by atoms with Crippen LogP contribution in [0.1, 0.15) is 65.2 Å². The lowest BCUT2D eigenvalue weighted by molar-refractivity contribution is 0.147. The van der Waals surface area contributed by atoms with E-state index in [9.17, 15) is 5.11 Å². The zero-order valence-corrected chi connectivity index (χ0v) is 10.4. The van der Waals surface area contributed by atoms with Gasteiger partial charge in [-0.25, -0.2) is 0 Å². The van der Waals surface area contributed by atoms with Gasteiger partial charge in [0.25, 0.3) is 0 Å². The van der Waals surface area contributed by atoms with Crippen LogP contribution >= 0.6 is 0 Å². The first-order chi connectivity index (χ1) is 7.20. The minimum Gasteiger partial charge on any atom is -0.396 e. The molecule has 0 saturated heterocycles. The standard InChI is InChI=1S/C13H28O2/c1-3-4-9-13(15)10-7-5-6-8-12(2)11-14/h12-15H,3-11H2,1-2H3. The van der Waals surface area contributed by atoms with Crippen molar-refractivity contribution in [2.45, 2.75) is 71.3 Å². The van der Waals surface area contributed by atoms with Crippen LogP contribution in [0, 0.1) is 5.92 Å². The average Bonchev–Trinajstić information content (AvgIpc) is 2.25. The molecule has 0 amide bonds. The molecular weight excluding hydrogens is 188 g/mol. The monoisotopic (exact) mass is 216 g/mol. The van der Waals surface area contributed by atoms with Crippen molar-refractivity contribution >= 4 is 0 Å². The summed E-state index contributed by atoms with van der Waals surface area (Å²) in [7, 11) is 0. The summed E-state index contributed by atoms with van der Waals surface area (Å²) in [5.41, 5.74) is 0. The summed E-state index contributed by atoms with van der Waals surface area (Å²) in [6, 6.07) is 0. The molecule has 0 saturated carbocycles. The van der Waals surface area contributed by atoms with Crippen LogP contribution in [0.15, 0.2) is 0 Å². The van der Waals surface area contributed by atoms with Crippen molar-refractivity contribution in [1.82, 2.24) is 0 Å². The van der Waals surface area contributed by atoms with Gasteiger partial charge in [-0.1, -0.05) is 46.0 Å². The molecule has 0 aromatic carbocycles. The highest BCUT2D eigenvalue weighted by molar-refractivity contribution is 4.57. The molecule has 0 aromatic rings. The van der Waals surface area contributed by atoms with Gasteiger partial charge in [-0.15, -0.1) is 0 Å². The van der Waals surface area contributed by atoms with E-state index in [0.717, 1.165) is 32.1 Å². The molecule has 0 aliphatic carbocycles. The van der Waals surface area contributed by atoms with Crippen molar-refractivity contribution in [1.29, 1.82) is 0 Å². The van der Waals surface area contributed by atoms with E-state index in [2.05, 4.69) is 13.8 Å². The molecule has 0 rings (SSSR count).